The van der Waals surface area contributed by atoms with Crippen LogP contribution < -0.4 is 5.32 Å². The van der Waals surface area contributed by atoms with Crippen molar-refractivity contribution in [2.45, 2.75) is 13.8 Å². The van der Waals surface area contributed by atoms with Gasteiger partial charge in [0, 0.05) is 11.5 Å². The highest BCUT2D eigenvalue weighted by atomic mass is 35.5. The number of amides is 1. The first-order chi connectivity index (χ1) is 11.9. The molecule has 0 radical (unpaired) electrons. The molecule has 1 aromatic carbocycles. The fourth-order valence-electron chi connectivity index (χ4n) is 1.96. The standard InChI is InChI=1S/C15H12Cl2FN5OS/c1-7(2)13(24)22-15-21-12(14(25-15)23-6-19-5-20-23)8-3-11(18)10(17)4-9(8)16/h3-7H,1-2H3,(H,21,22,24). The Labute approximate surface area is 156 Å². The van der Waals surface area contributed by atoms with E-state index in [1.54, 1.807) is 13.8 Å². The van der Waals surface area contributed by atoms with Gasteiger partial charge < -0.3 is 5.32 Å². The van der Waals surface area contributed by atoms with E-state index in [2.05, 4.69) is 20.4 Å². The van der Waals surface area contributed by atoms with E-state index < -0.39 is 5.82 Å². The van der Waals surface area contributed by atoms with Gasteiger partial charge in [0.15, 0.2) is 5.13 Å². The zero-order valence-corrected chi connectivity index (χ0v) is 15.5. The zero-order chi connectivity index (χ0) is 18.1. The highest BCUT2D eigenvalue weighted by Crippen LogP contribution is 2.39. The Kier molecular flexibility index (Phi) is 5.03. The average Bonchev–Trinajstić information content (AvgIpc) is 3.19. The SMILES string of the molecule is CC(C)C(=O)Nc1nc(-c2cc(F)c(Cl)cc2Cl)c(-n2cncn2)s1. The molecule has 3 aromatic rings. The molecule has 0 aliphatic heterocycles. The van der Waals surface area contributed by atoms with E-state index in [0.717, 1.165) is 0 Å². The summed E-state index contributed by atoms with van der Waals surface area (Å²) in [6, 6.07) is 2.51. The molecule has 0 saturated heterocycles. The molecular weight excluding hydrogens is 388 g/mol. The second-order valence-corrected chi connectivity index (χ2v) is 7.19. The number of benzene rings is 1. The third-order valence-corrected chi connectivity index (χ3v) is 4.82. The summed E-state index contributed by atoms with van der Waals surface area (Å²) in [4.78, 5) is 20.2. The molecule has 10 heteroatoms. The predicted octanol–water partition coefficient (Wildman–Crippen LogP) is 4.43. The second kappa shape index (κ2) is 7.07. The molecule has 0 bridgehead atoms. The van der Waals surface area contributed by atoms with Gasteiger partial charge in [-0.1, -0.05) is 48.4 Å². The number of rotatable bonds is 4. The van der Waals surface area contributed by atoms with Crippen molar-refractivity contribution in [1.82, 2.24) is 19.7 Å². The Morgan fingerprint density at radius 2 is 2.08 bits per heavy atom. The number of carbonyl (C=O) groups is 1. The minimum absolute atomic E-state index is 0.0837. The van der Waals surface area contributed by atoms with Crippen molar-refractivity contribution in [3.8, 4) is 16.3 Å². The lowest BCUT2D eigenvalue weighted by atomic mass is 10.1. The third kappa shape index (κ3) is 3.65. The lowest BCUT2D eigenvalue weighted by molar-refractivity contribution is -0.118. The number of anilines is 1. The molecule has 6 nitrogen and oxygen atoms in total. The van der Waals surface area contributed by atoms with Crippen molar-refractivity contribution in [3.63, 3.8) is 0 Å². The number of thiazole rings is 1. The monoisotopic (exact) mass is 399 g/mol. The van der Waals surface area contributed by atoms with Gasteiger partial charge in [0.1, 0.15) is 29.2 Å². The number of halogens is 3. The summed E-state index contributed by atoms with van der Waals surface area (Å²) in [7, 11) is 0. The normalized spacial score (nSPS) is 11.1. The molecule has 0 saturated carbocycles. The molecule has 0 spiro atoms. The van der Waals surface area contributed by atoms with Crippen LogP contribution >= 0.6 is 34.5 Å². The molecule has 1 amide bonds. The maximum Gasteiger partial charge on any atom is 0.228 e. The summed E-state index contributed by atoms with van der Waals surface area (Å²) in [5.74, 6) is -1.01. The van der Waals surface area contributed by atoms with E-state index >= 15 is 0 Å². The van der Waals surface area contributed by atoms with Gasteiger partial charge in [0.05, 0.1) is 10.0 Å². The van der Waals surface area contributed by atoms with Gasteiger partial charge in [-0.3, -0.25) is 4.79 Å². The lowest BCUT2D eigenvalue weighted by Crippen LogP contribution is -2.17. The molecule has 25 heavy (non-hydrogen) atoms. The summed E-state index contributed by atoms with van der Waals surface area (Å²) < 4.78 is 15.4. The second-order valence-electron chi connectivity index (χ2n) is 5.40. The summed E-state index contributed by atoms with van der Waals surface area (Å²) in [6.07, 6.45) is 2.84. The van der Waals surface area contributed by atoms with Gasteiger partial charge >= 0.3 is 0 Å². The van der Waals surface area contributed by atoms with Crippen LogP contribution in [0.4, 0.5) is 9.52 Å². The number of nitrogens with zero attached hydrogens (tertiary/aromatic N) is 4. The van der Waals surface area contributed by atoms with Gasteiger partial charge in [0.25, 0.3) is 0 Å². The molecule has 0 aliphatic rings. The van der Waals surface area contributed by atoms with E-state index in [-0.39, 0.29) is 21.9 Å². The van der Waals surface area contributed by atoms with Gasteiger partial charge in [-0.2, -0.15) is 5.10 Å². The van der Waals surface area contributed by atoms with Crippen LogP contribution in [0, 0.1) is 11.7 Å². The topological polar surface area (TPSA) is 72.7 Å². The summed E-state index contributed by atoms with van der Waals surface area (Å²) in [5.41, 5.74) is 0.713. The number of aromatic nitrogens is 4. The summed E-state index contributed by atoms with van der Waals surface area (Å²) in [6.45, 7) is 3.54. The van der Waals surface area contributed by atoms with Crippen LogP contribution in [0.15, 0.2) is 24.8 Å². The van der Waals surface area contributed by atoms with E-state index in [1.165, 1.54) is 40.8 Å². The van der Waals surface area contributed by atoms with E-state index in [9.17, 15) is 9.18 Å². The fraction of sp³-hybridized carbons (Fsp3) is 0.200. The van der Waals surface area contributed by atoms with E-state index in [1.807, 2.05) is 0 Å². The van der Waals surface area contributed by atoms with Gasteiger partial charge in [-0.25, -0.2) is 19.0 Å². The van der Waals surface area contributed by atoms with Gasteiger partial charge in [0.2, 0.25) is 5.91 Å². The van der Waals surface area contributed by atoms with Crippen molar-refractivity contribution >= 4 is 45.6 Å². The molecule has 2 heterocycles. The lowest BCUT2D eigenvalue weighted by Gasteiger charge is -2.06. The van der Waals surface area contributed by atoms with Crippen LogP contribution in [0.3, 0.4) is 0 Å². The Bertz CT molecular complexity index is 926. The Morgan fingerprint density at radius 3 is 2.72 bits per heavy atom. The Hall–Kier alpha value is -2.03. The Balaban J connectivity index is 2.13. The number of carbonyl (C=O) groups excluding carboxylic acids is 1. The average molecular weight is 400 g/mol. The molecular formula is C15H12Cl2FN5OS. The van der Waals surface area contributed by atoms with E-state index in [0.29, 0.717) is 21.4 Å². The highest BCUT2D eigenvalue weighted by Gasteiger charge is 2.21. The highest BCUT2D eigenvalue weighted by molar-refractivity contribution is 7.18. The molecule has 130 valence electrons. The molecule has 0 atom stereocenters. The largest absolute Gasteiger partial charge is 0.302 e. The van der Waals surface area contributed by atoms with Crippen molar-refractivity contribution in [3.05, 3.63) is 40.6 Å². The third-order valence-electron chi connectivity index (χ3n) is 3.26. The van der Waals surface area contributed by atoms with Crippen LogP contribution in [0.2, 0.25) is 10.0 Å². The molecule has 3 rings (SSSR count). The number of hydrogen-bond acceptors (Lipinski definition) is 5. The summed E-state index contributed by atoms with van der Waals surface area (Å²) in [5, 5.41) is 7.84. The van der Waals surface area contributed by atoms with Crippen LogP contribution in [-0.4, -0.2) is 25.7 Å². The van der Waals surface area contributed by atoms with Crippen molar-refractivity contribution in [1.29, 1.82) is 0 Å². The molecule has 2 aromatic heterocycles. The first kappa shape index (κ1) is 17.8. The van der Waals surface area contributed by atoms with Crippen molar-refractivity contribution in [2.75, 3.05) is 5.32 Å². The molecule has 0 fully saturated rings. The smallest absolute Gasteiger partial charge is 0.228 e. The summed E-state index contributed by atoms with van der Waals surface area (Å²) >= 11 is 13.2. The number of nitrogens with one attached hydrogen (secondary N) is 1. The van der Waals surface area contributed by atoms with Crippen molar-refractivity contribution in [2.24, 2.45) is 5.92 Å². The minimum atomic E-state index is -0.619. The maximum atomic E-state index is 13.9. The van der Waals surface area contributed by atoms with Gasteiger partial charge in [-0.15, -0.1) is 0 Å². The van der Waals surface area contributed by atoms with Crippen molar-refractivity contribution < 1.29 is 9.18 Å². The molecule has 1 N–H and O–H groups in total. The van der Waals surface area contributed by atoms with Crippen LogP contribution in [0.1, 0.15) is 13.8 Å². The maximum absolute atomic E-state index is 13.9. The quantitative estimate of drug-likeness (QED) is 0.658. The van der Waals surface area contributed by atoms with Crippen LogP contribution in [-0.2, 0) is 4.79 Å². The first-order valence-corrected chi connectivity index (χ1v) is 8.75. The van der Waals surface area contributed by atoms with Gasteiger partial charge in [-0.05, 0) is 12.1 Å². The fourth-order valence-corrected chi connectivity index (χ4v) is 3.35. The minimum Gasteiger partial charge on any atom is -0.302 e. The first-order valence-electron chi connectivity index (χ1n) is 7.18. The Morgan fingerprint density at radius 1 is 1.32 bits per heavy atom. The molecule has 0 unspecified atom stereocenters. The van der Waals surface area contributed by atoms with Crippen LogP contribution in [0.25, 0.3) is 16.3 Å². The van der Waals surface area contributed by atoms with E-state index in [4.69, 9.17) is 23.2 Å². The predicted molar refractivity (Wildman–Crippen MR) is 95.9 cm³/mol. The molecule has 0 aliphatic carbocycles. The zero-order valence-electron chi connectivity index (χ0n) is 13.1. The van der Waals surface area contributed by atoms with Crippen LogP contribution in [0.5, 0.6) is 0 Å². The number of hydrogen-bond donors (Lipinski definition) is 1.